The first-order chi connectivity index (χ1) is 12.4. The fourth-order valence-corrected chi connectivity index (χ4v) is 7.10. The lowest BCUT2D eigenvalue weighted by atomic mass is 10.3. The lowest BCUT2D eigenvalue weighted by Crippen LogP contribution is -2.27. The maximum absolute atomic E-state index is 5.35. The van der Waals surface area contributed by atoms with Crippen molar-refractivity contribution >= 4 is 28.6 Å². The summed E-state index contributed by atoms with van der Waals surface area (Å²) in [7, 11) is 0. The van der Waals surface area contributed by atoms with Crippen LogP contribution in [0.5, 0.6) is 0 Å². The fourth-order valence-electron chi connectivity index (χ4n) is 3.23. The van der Waals surface area contributed by atoms with Gasteiger partial charge in [-0.2, -0.15) is 0 Å². The van der Waals surface area contributed by atoms with Gasteiger partial charge in [0.1, 0.15) is 0 Å². The van der Waals surface area contributed by atoms with Crippen LogP contribution in [0.25, 0.3) is 0 Å². The molecule has 0 fully saturated rings. The van der Waals surface area contributed by atoms with E-state index in [9.17, 15) is 0 Å². The van der Waals surface area contributed by atoms with E-state index in [-0.39, 0.29) is 0 Å². The Labute approximate surface area is 148 Å². The van der Waals surface area contributed by atoms with Crippen LogP contribution in [-0.2, 0) is 0 Å². The Hall–Kier alpha value is -2.76. The van der Waals surface area contributed by atoms with Gasteiger partial charge in [-0.3, -0.25) is 0 Å². The molecule has 0 saturated carbocycles. The molecule has 0 radical (unpaired) electrons. The third kappa shape index (κ3) is 2.99. The van der Waals surface area contributed by atoms with E-state index >= 15 is 0 Å². The normalized spacial score (nSPS) is 11.2. The predicted molar refractivity (Wildman–Crippen MR) is 109 cm³/mol. The fraction of sp³-hybridized carbons (Fsp3) is 0. The highest BCUT2D eigenvalue weighted by molar-refractivity contribution is 7.94. The first-order valence-electron chi connectivity index (χ1n) is 8.33. The van der Waals surface area contributed by atoms with Gasteiger partial charge in [0, 0.05) is 5.56 Å². The molecule has 4 rings (SSSR count). The van der Waals surface area contributed by atoms with Gasteiger partial charge < -0.3 is 4.42 Å². The summed E-state index contributed by atoms with van der Waals surface area (Å²) in [5.41, 5.74) is 1.12. The van der Waals surface area contributed by atoms with Crippen molar-refractivity contribution in [3.8, 4) is 0 Å². The molecule has 0 amide bonds. The second-order valence-corrected chi connectivity index (χ2v) is 9.17. The minimum absolute atomic E-state index is 1.12. The van der Waals surface area contributed by atoms with Crippen molar-refractivity contribution < 1.29 is 4.42 Å². The average molecular weight is 342 g/mol. The lowest BCUT2D eigenvalue weighted by Gasteiger charge is -2.28. The van der Waals surface area contributed by atoms with E-state index in [4.69, 9.17) is 4.42 Å². The Morgan fingerprint density at radius 1 is 0.560 bits per heavy atom. The summed E-state index contributed by atoms with van der Waals surface area (Å²) in [5, 5.41) is 4.02. The van der Waals surface area contributed by atoms with E-state index in [0.29, 0.717) is 0 Å². The summed E-state index contributed by atoms with van der Waals surface area (Å²) in [5.74, 6) is 2.40. The highest BCUT2D eigenvalue weighted by Gasteiger charge is 2.24. The Morgan fingerprint density at radius 3 is 1.36 bits per heavy atom. The first kappa shape index (κ1) is 15.7. The molecule has 0 atom stereocenters. The zero-order valence-corrected chi connectivity index (χ0v) is 14.7. The molecule has 0 spiro atoms. The zero-order valence-electron chi connectivity index (χ0n) is 13.8. The monoisotopic (exact) mass is 342 g/mol. The molecular weight excluding hydrogens is 323 g/mol. The van der Waals surface area contributed by atoms with Crippen LogP contribution < -0.4 is 15.9 Å². The lowest BCUT2D eigenvalue weighted by molar-refractivity contribution is 0.567. The molecule has 25 heavy (non-hydrogen) atoms. The van der Waals surface area contributed by atoms with Gasteiger partial charge in [0.2, 0.25) is 0 Å². The molecule has 0 bridgehead atoms. The molecular formula is C23H19OP. The van der Waals surface area contributed by atoms with E-state index < -0.39 is 6.89 Å². The summed E-state index contributed by atoms with van der Waals surface area (Å²) >= 11 is 0. The summed E-state index contributed by atoms with van der Waals surface area (Å²) in [6.07, 6.45) is 3.56. The van der Waals surface area contributed by atoms with Gasteiger partial charge >= 0.3 is 0 Å². The van der Waals surface area contributed by atoms with Gasteiger partial charge in [-0.05, 0) is 34.7 Å². The standard InChI is InChI=1S/C23H19OP/c1-4-10-21(11-5-1)25(19-20-16-17-24-18-20,22-12-6-2-7-13-22)23-14-8-3-9-15-23/h1-19H. The second-order valence-electron chi connectivity index (χ2n) is 5.92. The minimum Gasteiger partial charge on any atom is -0.472 e. The molecule has 2 heteroatoms. The number of benzene rings is 3. The van der Waals surface area contributed by atoms with Gasteiger partial charge in [0.05, 0.1) is 12.5 Å². The van der Waals surface area contributed by atoms with Crippen molar-refractivity contribution in [1.29, 1.82) is 0 Å². The largest absolute Gasteiger partial charge is 0.472 e. The van der Waals surface area contributed by atoms with Gasteiger partial charge in [0.15, 0.2) is 0 Å². The molecule has 1 nitrogen and oxygen atoms in total. The van der Waals surface area contributed by atoms with Crippen LogP contribution >= 0.6 is 6.89 Å². The second kappa shape index (κ2) is 7.01. The smallest absolute Gasteiger partial charge is 0.0975 e. The van der Waals surface area contributed by atoms with Gasteiger partial charge in [-0.25, -0.2) is 0 Å². The summed E-state index contributed by atoms with van der Waals surface area (Å²) in [6, 6.07) is 34.4. The Bertz CT molecular complexity index is 869. The topological polar surface area (TPSA) is 13.1 Å². The Balaban J connectivity index is 2.13. The van der Waals surface area contributed by atoms with Crippen molar-refractivity contribution in [3.63, 3.8) is 0 Å². The van der Waals surface area contributed by atoms with Crippen LogP contribution in [0, 0.1) is 0 Å². The van der Waals surface area contributed by atoms with E-state index in [1.165, 1.54) is 15.9 Å². The van der Waals surface area contributed by atoms with Crippen LogP contribution in [0.15, 0.2) is 114 Å². The number of hydrogen-bond donors (Lipinski definition) is 0. The van der Waals surface area contributed by atoms with Crippen molar-refractivity contribution in [2.24, 2.45) is 0 Å². The molecule has 0 N–H and O–H groups in total. The van der Waals surface area contributed by atoms with Crippen LogP contribution in [0.2, 0.25) is 0 Å². The van der Waals surface area contributed by atoms with Crippen molar-refractivity contribution in [2.75, 3.05) is 0 Å². The minimum atomic E-state index is -1.93. The van der Waals surface area contributed by atoms with Crippen LogP contribution in [0.4, 0.5) is 0 Å². The molecule has 122 valence electrons. The Morgan fingerprint density at radius 2 is 1.00 bits per heavy atom. The maximum atomic E-state index is 5.35. The van der Waals surface area contributed by atoms with Gasteiger partial charge in [-0.15, -0.1) is 0 Å². The van der Waals surface area contributed by atoms with E-state index in [1.54, 1.807) is 6.26 Å². The average Bonchev–Trinajstić information content (AvgIpc) is 3.21. The van der Waals surface area contributed by atoms with E-state index in [0.717, 1.165) is 5.56 Å². The maximum Gasteiger partial charge on any atom is 0.0975 e. The summed E-state index contributed by atoms with van der Waals surface area (Å²) < 4.78 is 5.35. The molecule has 4 aromatic rings. The highest BCUT2D eigenvalue weighted by Crippen LogP contribution is 2.44. The molecule has 1 aromatic heterocycles. The van der Waals surface area contributed by atoms with Crippen molar-refractivity contribution in [3.05, 3.63) is 115 Å². The van der Waals surface area contributed by atoms with Crippen molar-refractivity contribution in [2.45, 2.75) is 0 Å². The van der Waals surface area contributed by atoms with Crippen LogP contribution in [0.3, 0.4) is 0 Å². The number of furan rings is 1. The Kier molecular flexibility index (Phi) is 4.41. The molecule has 0 aliphatic carbocycles. The molecule has 0 unspecified atom stereocenters. The molecule has 0 aliphatic heterocycles. The van der Waals surface area contributed by atoms with Gasteiger partial charge in [0.25, 0.3) is 0 Å². The third-order valence-electron chi connectivity index (χ3n) is 4.38. The van der Waals surface area contributed by atoms with Crippen LogP contribution in [0.1, 0.15) is 5.56 Å². The SMILES string of the molecule is C(c1ccoc1)=P(c1ccccc1)(c1ccccc1)c1ccccc1. The summed E-state index contributed by atoms with van der Waals surface area (Å²) in [4.78, 5) is 0. The van der Waals surface area contributed by atoms with Crippen molar-refractivity contribution in [1.82, 2.24) is 0 Å². The molecule has 3 aromatic carbocycles. The van der Waals surface area contributed by atoms with Gasteiger partial charge in [-0.1, -0.05) is 91.0 Å². The van der Waals surface area contributed by atoms with E-state index in [1.807, 2.05) is 12.3 Å². The highest BCUT2D eigenvalue weighted by atomic mass is 31.2. The quantitative estimate of drug-likeness (QED) is 0.500. The summed E-state index contributed by atoms with van der Waals surface area (Å²) in [6.45, 7) is -1.93. The first-order valence-corrected chi connectivity index (χ1v) is 10.2. The third-order valence-corrected chi connectivity index (χ3v) is 8.40. The molecule has 1 heterocycles. The van der Waals surface area contributed by atoms with E-state index in [2.05, 4.69) is 96.8 Å². The zero-order chi connectivity index (χ0) is 17.0. The predicted octanol–water partition coefficient (Wildman–Crippen LogP) is 4.42. The molecule has 0 aliphatic rings. The number of rotatable bonds is 4. The number of hydrogen-bond acceptors (Lipinski definition) is 1. The van der Waals surface area contributed by atoms with Crippen LogP contribution in [-0.4, -0.2) is 5.80 Å². The molecule has 0 saturated heterocycles.